The average Bonchev–Trinajstić information content (AvgIpc) is 3.19. The van der Waals surface area contributed by atoms with E-state index in [0.717, 1.165) is 12.0 Å². The maximum absolute atomic E-state index is 11.7. The lowest BCUT2D eigenvalue weighted by Crippen LogP contribution is -2.36. The summed E-state index contributed by atoms with van der Waals surface area (Å²) >= 11 is 0. The van der Waals surface area contributed by atoms with Crippen LogP contribution in [-0.2, 0) is 11.3 Å². The summed E-state index contributed by atoms with van der Waals surface area (Å²) in [5.74, 6) is 0.685. The first kappa shape index (κ1) is 17.1. The molecule has 6 nitrogen and oxygen atoms in total. The SMILES string of the molecule is CC(C)(C)OC(=O)NC1CC1NCc1cccc(OCC#N)c1. The van der Waals surface area contributed by atoms with Crippen molar-refractivity contribution in [2.45, 2.75) is 51.4 Å². The van der Waals surface area contributed by atoms with E-state index in [-0.39, 0.29) is 24.8 Å². The van der Waals surface area contributed by atoms with E-state index < -0.39 is 5.60 Å². The van der Waals surface area contributed by atoms with Gasteiger partial charge in [0.2, 0.25) is 0 Å². The molecule has 1 aromatic carbocycles. The first-order valence-electron chi connectivity index (χ1n) is 7.69. The Morgan fingerprint density at radius 1 is 1.39 bits per heavy atom. The van der Waals surface area contributed by atoms with Crippen molar-refractivity contribution in [1.29, 1.82) is 5.26 Å². The molecule has 124 valence electrons. The van der Waals surface area contributed by atoms with E-state index in [1.54, 1.807) is 0 Å². The minimum absolute atomic E-state index is 0.0430. The molecule has 0 radical (unpaired) electrons. The molecule has 1 amide bonds. The third-order valence-corrected chi connectivity index (χ3v) is 3.26. The van der Waals surface area contributed by atoms with Crippen LogP contribution >= 0.6 is 0 Å². The van der Waals surface area contributed by atoms with Crippen LogP contribution < -0.4 is 15.4 Å². The van der Waals surface area contributed by atoms with Gasteiger partial charge in [-0.25, -0.2) is 4.79 Å². The fraction of sp³-hybridized carbons (Fsp3) is 0.529. The van der Waals surface area contributed by atoms with Crippen molar-refractivity contribution in [1.82, 2.24) is 10.6 Å². The van der Waals surface area contributed by atoms with Crippen LogP contribution in [0.15, 0.2) is 24.3 Å². The fourth-order valence-corrected chi connectivity index (χ4v) is 2.15. The number of nitriles is 1. The number of amides is 1. The maximum Gasteiger partial charge on any atom is 0.407 e. The first-order valence-corrected chi connectivity index (χ1v) is 7.69. The van der Waals surface area contributed by atoms with E-state index in [1.165, 1.54) is 0 Å². The molecule has 0 bridgehead atoms. The predicted octanol–water partition coefficient (Wildman–Crippen LogP) is 2.34. The number of rotatable bonds is 6. The molecule has 1 aromatic rings. The molecule has 0 saturated heterocycles. The Bertz CT molecular complexity index is 589. The Balaban J connectivity index is 1.72. The van der Waals surface area contributed by atoms with Crippen molar-refractivity contribution in [3.63, 3.8) is 0 Å². The zero-order chi connectivity index (χ0) is 16.9. The molecule has 1 saturated carbocycles. The van der Waals surface area contributed by atoms with E-state index in [1.807, 2.05) is 51.1 Å². The molecule has 0 heterocycles. The van der Waals surface area contributed by atoms with Gasteiger partial charge < -0.3 is 20.1 Å². The number of ether oxygens (including phenoxy) is 2. The summed E-state index contributed by atoms with van der Waals surface area (Å²) in [7, 11) is 0. The summed E-state index contributed by atoms with van der Waals surface area (Å²) in [5, 5.41) is 14.8. The Labute approximate surface area is 136 Å². The second kappa shape index (κ2) is 7.34. The number of nitrogens with zero attached hydrogens (tertiary/aromatic N) is 1. The highest BCUT2D eigenvalue weighted by Crippen LogP contribution is 2.23. The second-order valence-electron chi connectivity index (χ2n) is 6.57. The molecule has 1 fully saturated rings. The Kier molecular flexibility index (Phi) is 5.45. The molecule has 1 aliphatic carbocycles. The molecule has 2 unspecified atom stereocenters. The van der Waals surface area contributed by atoms with Crippen LogP contribution in [0, 0.1) is 11.3 Å². The van der Waals surface area contributed by atoms with Crippen LogP contribution in [0.1, 0.15) is 32.8 Å². The second-order valence-corrected chi connectivity index (χ2v) is 6.57. The van der Waals surface area contributed by atoms with Crippen molar-refractivity contribution >= 4 is 6.09 Å². The molecule has 23 heavy (non-hydrogen) atoms. The Hall–Kier alpha value is -2.26. The largest absolute Gasteiger partial charge is 0.479 e. The van der Waals surface area contributed by atoms with Gasteiger partial charge in [-0.15, -0.1) is 0 Å². The smallest absolute Gasteiger partial charge is 0.407 e. The number of alkyl carbamates (subject to hydrolysis) is 1. The van der Waals surface area contributed by atoms with Crippen LogP contribution in [0.2, 0.25) is 0 Å². The van der Waals surface area contributed by atoms with Crippen molar-refractivity contribution in [2.24, 2.45) is 0 Å². The van der Waals surface area contributed by atoms with E-state index in [9.17, 15) is 4.79 Å². The third kappa shape index (κ3) is 6.17. The molecule has 6 heteroatoms. The number of carbonyl (C=O) groups is 1. The average molecular weight is 317 g/mol. The van der Waals surface area contributed by atoms with Crippen molar-refractivity contribution in [2.75, 3.05) is 6.61 Å². The number of hydrogen-bond donors (Lipinski definition) is 2. The lowest BCUT2D eigenvalue weighted by atomic mass is 10.2. The van der Waals surface area contributed by atoms with Crippen LogP contribution in [0.3, 0.4) is 0 Å². The summed E-state index contributed by atoms with van der Waals surface area (Å²) in [6.45, 7) is 6.26. The summed E-state index contributed by atoms with van der Waals surface area (Å²) in [4.78, 5) is 11.7. The predicted molar refractivity (Wildman–Crippen MR) is 86.0 cm³/mol. The molecule has 0 aliphatic heterocycles. The van der Waals surface area contributed by atoms with Gasteiger partial charge in [0, 0.05) is 18.6 Å². The van der Waals surface area contributed by atoms with Gasteiger partial charge in [-0.05, 0) is 44.9 Å². The normalized spacial score (nSPS) is 19.6. The zero-order valence-electron chi connectivity index (χ0n) is 13.8. The Morgan fingerprint density at radius 3 is 2.87 bits per heavy atom. The minimum Gasteiger partial charge on any atom is -0.479 e. The summed E-state index contributed by atoms with van der Waals surface area (Å²) < 4.78 is 10.5. The van der Waals surface area contributed by atoms with Crippen molar-refractivity contribution < 1.29 is 14.3 Å². The van der Waals surface area contributed by atoms with Gasteiger partial charge in [0.25, 0.3) is 0 Å². The van der Waals surface area contributed by atoms with Gasteiger partial charge >= 0.3 is 6.09 Å². The molecule has 0 spiro atoms. The van der Waals surface area contributed by atoms with Gasteiger partial charge in [-0.2, -0.15) is 5.26 Å². The van der Waals surface area contributed by atoms with E-state index >= 15 is 0 Å². The van der Waals surface area contributed by atoms with Crippen LogP contribution in [0.4, 0.5) is 4.79 Å². The number of benzene rings is 1. The summed E-state index contributed by atoms with van der Waals surface area (Å²) in [6, 6.07) is 9.93. The summed E-state index contributed by atoms with van der Waals surface area (Å²) in [6.07, 6.45) is 0.517. The number of nitrogens with one attached hydrogen (secondary N) is 2. The van der Waals surface area contributed by atoms with E-state index in [0.29, 0.717) is 12.3 Å². The van der Waals surface area contributed by atoms with Crippen molar-refractivity contribution in [3.05, 3.63) is 29.8 Å². The standard InChI is InChI=1S/C17H23N3O3/c1-17(2,3)23-16(21)20-15-10-14(15)19-11-12-5-4-6-13(9-12)22-8-7-18/h4-6,9,14-15,19H,8,10-11H2,1-3H3,(H,20,21). The molecule has 2 N–H and O–H groups in total. The van der Waals surface area contributed by atoms with Crippen LogP contribution in [0.25, 0.3) is 0 Å². The monoisotopic (exact) mass is 317 g/mol. The molecular formula is C17H23N3O3. The maximum atomic E-state index is 11.7. The van der Waals surface area contributed by atoms with E-state index in [2.05, 4.69) is 10.6 Å². The lowest BCUT2D eigenvalue weighted by molar-refractivity contribution is 0.0522. The minimum atomic E-state index is -0.480. The fourth-order valence-electron chi connectivity index (χ4n) is 2.15. The molecular weight excluding hydrogens is 294 g/mol. The number of hydrogen-bond acceptors (Lipinski definition) is 5. The highest BCUT2D eigenvalue weighted by molar-refractivity contribution is 5.68. The number of carbonyl (C=O) groups excluding carboxylic acids is 1. The topological polar surface area (TPSA) is 83.4 Å². The van der Waals surface area contributed by atoms with Gasteiger partial charge in [-0.3, -0.25) is 0 Å². The Morgan fingerprint density at radius 2 is 2.17 bits per heavy atom. The molecule has 2 atom stereocenters. The van der Waals surface area contributed by atoms with Gasteiger partial charge in [0.1, 0.15) is 17.4 Å². The molecule has 0 aromatic heterocycles. The lowest BCUT2D eigenvalue weighted by Gasteiger charge is -2.19. The van der Waals surface area contributed by atoms with Gasteiger partial charge in [0.15, 0.2) is 6.61 Å². The van der Waals surface area contributed by atoms with E-state index in [4.69, 9.17) is 14.7 Å². The highest BCUT2D eigenvalue weighted by atomic mass is 16.6. The first-order chi connectivity index (χ1) is 10.9. The van der Waals surface area contributed by atoms with Crippen molar-refractivity contribution in [3.8, 4) is 11.8 Å². The summed E-state index contributed by atoms with van der Waals surface area (Å²) in [5.41, 5.74) is 0.592. The van der Waals surface area contributed by atoms with Crippen LogP contribution in [-0.4, -0.2) is 30.4 Å². The van der Waals surface area contributed by atoms with Gasteiger partial charge in [-0.1, -0.05) is 12.1 Å². The van der Waals surface area contributed by atoms with Gasteiger partial charge in [0.05, 0.1) is 0 Å². The molecule has 2 rings (SSSR count). The quantitative estimate of drug-likeness (QED) is 0.841. The molecule has 1 aliphatic rings. The van der Waals surface area contributed by atoms with Crippen LogP contribution in [0.5, 0.6) is 5.75 Å². The third-order valence-electron chi connectivity index (χ3n) is 3.26. The zero-order valence-corrected chi connectivity index (χ0v) is 13.8. The highest BCUT2D eigenvalue weighted by Gasteiger charge is 2.38.